The molecule has 8 aromatic rings. The Balaban J connectivity index is 0.00000595. The minimum atomic E-state index is -0.324. The van der Waals surface area contributed by atoms with E-state index in [9.17, 15) is 5.11 Å². The molecule has 8 rings (SSSR count). The van der Waals surface area contributed by atoms with Gasteiger partial charge in [-0.1, -0.05) is 163 Å². The van der Waals surface area contributed by atoms with E-state index in [1.54, 1.807) is 17.7 Å². The Morgan fingerprint density at radius 2 is 1.25 bits per heavy atom. The largest absolute Gasteiger partial charge is 0.507 e. The van der Waals surface area contributed by atoms with Gasteiger partial charge in [-0.15, -0.1) is 40.7 Å². The van der Waals surface area contributed by atoms with Gasteiger partial charge in [0, 0.05) is 42.6 Å². The molecule has 0 unspecified atom stereocenters. The summed E-state index contributed by atoms with van der Waals surface area (Å²) in [6.07, 6.45) is 1.70. The number of aromatic hydroxyl groups is 1. The van der Waals surface area contributed by atoms with Gasteiger partial charge in [0.25, 0.3) is 0 Å². The summed E-state index contributed by atoms with van der Waals surface area (Å²) in [5, 5.41) is 14.8. The number of fused-ring (bicyclic) bond motifs is 2. The summed E-state index contributed by atoms with van der Waals surface area (Å²) in [5.74, 6) is 1.29. The first-order valence-electron chi connectivity index (χ1n) is 21.9. The Hall–Kier alpha value is -4.90. The number of benzene rings is 5. The van der Waals surface area contributed by atoms with Crippen LogP contribution in [-0.2, 0) is 42.7 Å². The molecule has 0 aliphatic rings. The minimum Gasteiger partial charge on any atom is -0.507 e. The molecule has 0 fully saturated rings. The molecule has 7 heteroatoms. The Kier molecular flexibility index (Phi) is 12.1. The van der Waals surface area contributed by atoms with Crippen molar-refractivity contribution in [3.8, 4) is 56.3 Å². The van der Waals surface area contributed by atoms with Crippen molar-refractivity contribution in [2.75, 3.05) is 0 Å². The fourth-order valence-corrected chi connectivity index (χ4v) is 9.53. The number of rotatable bonds is 6. The van der Waals surface area contributed by atoms with Crippen LogP contribution in [0.15, 0.2) is 103 Å². The minimum absolute atomic E-state index is 0. The Bertz CT molecular complexity index is 2980. The van der Waals surface area contributed by atoms with Crippen molar-refractivity contribution in [2.45, 2.75) is 125 Å². The van der Waals surface area contributed by atoms with Crippen molar-refractivity contribution in [2.24, 2.45) is 0 Å². The van der Waals surface area contributed by atoms with Gasteiger partial charge in [-0.3, -0.25) is 9.55 Å². The molecule has 3 heterocycles. The van der Waals surface area contributed by atoms with Crippen molar-refractivity contribution in [3.05, 3.63) is 137 Å². The van der Waals surface area contributed by atoms with E-state index in [2.05, 4.69) is 204 Å². The van der Waals surface area contributed by atoms with Crippen LogP contribution in [0, 0.1) is 6.07 Å². The van der Waals surface area contributed by atoms with Crippen molar-refractivity contribution < 1.29 is 26.2 Å². The Morgan fingerprint density at radius 1 is 0.619 bits per heavy atom. The summed E-state index contributed by atoms with van der Waals surface area (Å²) in [5.41, 5.74) is 15.4. The van der Waals surface area contributed by atoms with Crippen LogP contribution in [0.25, 0.3) is 71.8 Å². The van der Waals surface area contributed by atoms with Crippen LogP contribution in [0.5, 0.6) is 5.75 Å². The maximum absolute atomic E-state index is 12.5. The molecule has 63 heavy (non-hydrogen) atoms. The number of phenolic OH excluding ortho intramolecular Hbond substituents is 1. The molecule has 328 valence electrons. The Labute approximate surface area is 393 Å². The van der Waals surface area contributed by atoms with E-state index < -0.39 is 0 Å². The van der Waals surface area contributed by atoms with E-state index in [1.807, 2.05) is 0 Å². The number of phenols is 1. The van der Waals surface area contributed by atoms with Gasteiger partial charge in [-0.2, -0.15) is 0 Å². The smallest absolute Gasteiger partial charge is 0.148 e. The van der Waals surface area contributed by atoms with E-state index in [0.29, 0.717) is 17.3 Å². The molecule has 0 aliphatic heterocycles. The molecule has 5 aromatic carbocycles. The third-order valence-corrected chi connectivity index (χ3v) is 13.2. The average Bonchev–Trinajstić information content (AvgIpc) is 3.82. The van der Waals surface area contributed by atoms with Crippen LogP contribution >= 0.6 is 11.3 Å². The summed E-state index contributed by atoms with van der Waals surface area (Å²) in [7, 11) is 0. The second-order valence-electron chi connectivity index (χ2n) is 21.4. The van der Waals surface area contributed by atoms with Crippen LogP contribution in [0.3, 0.4) is 0 Å². The number of hydrogen-bond acceptors (Lipinski definition) is 5. The fourth-order valence-electron chi connectivity index (χ4n) is 8.34. The van der Waals surface area contributed by atoms with E-state index >= 15 is 0 Å². The predicted molar refractivity (Wildman–Crippen MR) is 263 cm³/mol. The second-order valence-corrected chi connectivity index (χ2v) is 22.3. The van der Waals surface area contributed by atoms with Gasteiger partial charge in [-0.25, -0.2) is 9.97 Å². The maximum atomic E-state index is 12.5. The zero-order valence-electron chi connectivity index (χ0n) is 39.4. The summed E-state index contributed by atoms with van der Waals surface area (Å²) < 4.78 is 3.36. The molecule has 0 atom stereocenters. The molecule has 0 bridgehead atoms. The van der Waals surface area contributed by atoms with Gasteiger partial charge in [-0.05, 0) is 79.5 Å². The number of hydrogen-bond donors (Lipinski definition) is 1. The first kappa shape index (κ1) is 46.1. The van der Waals surface area contributed by atoms with Crippen LogP contribution in [0.2, 0.25) is 0 Å². The van der Waals surface area contributed by atoms with Gasteiger partial charge in [0.1, 0.15) is 17.9 Å². The molecular formula is C56H61N4OPtS-. The van der Waals surface area contributed by atoms with Crippen LogP contribution in [-0.4, -0.2) is 24.6 Å². The summed E-state index contributed by atoms with van der Waals surface area (Å²) >= 11 is 1.71. The molecule has 0 saturated carbocycles. The second kappa shape index (κ2) is 16.6. The van der Waals surface area contributed by atoms with E-state index in [0.717, 1.165) is 71.6 Å². The molecule has 5 nitrogen and oxygen atoms in total. The van der Waals surface area contributed by atoms with Gasteiger partial charge in [0.15, 0.2) is 0 Å². The van der Waals surface area contributed by atoms with E-state index in [-0.39, 0.29) is 48.5 Å². The van der Waals surface area contributed by atoms with E-state index in [4.69, 9.17) is 15.0 Å². The first-order chi connectivity index (χ1) is 29.0. The van der Waals surface area contributed by atoms with Crippen LogP contribution in [0.1, 0.15) is 131 Å². The number of para-hydroxylation sites is 1. The molecule has 0 amide bonds. The van der Waals surface area contributed by atoms with Crippen LogP contribution < -0.4 is 0 Å². The third-order valence-electron chi connectivity index (χ3n) is 12.2. The molecule has 0 spiro atoms. The third kappa shape index (κ3) is 8.71. The van der Waals surface area contributed by atoms with Gasteiger partial charge < -0.3 is 5.11 Å². The standard InChI is InChI=1S/C56H61N4OS.Pt/c1-33(2)43-31-62-51-47(57-32-58-49(43)51)36-25-35(26-38(27-36)54(6,7)8)40-21-18-22-46-48(40)59-52(42-29-39(55(9,10)11)30-44(50(42)61)56(12,13)14)60(46)45-24-23-37(53(3,4)5)28-41(45)34-19-16-15-17-20-34;/h15-24,26-33,61H,1-14H3;/q-1;. The van der Waals surface area contributed by atoms with E-state index in [1.165, 1.54) is 16.7 Å². The summed E-state index contributed by atoms with van der Waals surface area (Å²) in [6, 6.07) is 36.6. The fraction of sp³-hybridized carbons (Fsp3) is 0.339. The molecule has 1 N–H and O–H groups in total. The molecule has 3 aromatic heterocycles. The SMILES string of the molecule is CC(C)c1csc2c(-c3[c-]c(-c4cccc5c4nc(-c4cc(C(C)(C)C)cc(C(C)(C)C)c4O)n5-c4ccc(C(C)(C)C)cc4-c4ccccc4)cc(C(C)(C)C)c3)ncnc12.[Pt]. The molecule has 0 radical (unpaired) electrons. The monoisotopic (exact) mass is 1030 g/mol. The normalized spacial score (nSPS) is 12.7. The number of thiophene rings is 1. The number of nitrogens with zero attached hydrogens (tertiary/aromatic N) is 4. The summed E-state index contributed by atoms with van der Waals surface area (Å²) in [4.78, 5) is 15.4. The number of imidazole rings is 1. The van der Waals surface area contributed by atoms with Gasteiger partial charge in [0.05, 0.1) is 27.8 Å². The quantitative estimate of drug-likeness (QED) is 0.169. The Morgan fingerprint density at radius 3 is 1.89 bits per heavy atom. The van der Waals surface area contributed by atoms with Gasteiger partial charge in [0.2, 0.25) is 0 Å². The van der Waals surface area contributed by atoms with Crippen molar-refractivity contribution in [3.63, 3.8) is 0 Å². The van der Waals surface area contributed by atoms with Gasteiger partial charge >= 0.3 is 0 Å². The predicted octanol–water partition coefficient (Wildman–Crippen LogP) is 15.5. The van der Waals surface area contributed by atoms with Crippen molar-refractivity contribution in [1.82, 2.24) is 19.5 Å². The number of aromatic nitrogens is 4. The summed E-state index contributed by atoms with van der Waals surface area (Å²) in [6.45, 7) is 31.2. The van der Waals surface area contributed by atoms with Crippen molar-refractivity contribution in [1.29, 1.82) is 0 Å². The van der Waals surface area contributed by atoms with Crippen LogP contribution in [0.4, 0.5) is 0 Å². The van der Waals surface area contributed by atoms with Crippen molar-refractivity contribution >= 4 is 32.6 Å². The zero-order chi connectivity index (χ0) is 44.7. The molecule has 0 saturated heterocycles. The molecular weight excluding hydrogens is 972 g/mol. The molecule has 0 aliphatic carbocycles. The first-order valence-corrected chi connectivity index (χ1v) is 22.8. The zero-order valence-corrected chi connectivity index (χ0v) is 42.4. The average molecular weight is 1030 g/mol. The maximum Gasteiger partial charge on any atom is 0.148 e. The topological polar surface area (TPSA) is 63.8 Å².